The Morgan fingerprint density at radius 3 is 2.36 bits per heavy atom. The summed E-state index contributed by atoms with van der Waals surface area (Å²) in [5.41, 5.74) is 4.74. The van der Waals surface area contributed by atoms with Gasteiger partial charge in [0.05, 0.1) is 11.0 Å². The zero-order chi connectivity index (χ0) is 25.3. The van der Waals surface area contributed by atoms with E-state index in [1.165, 1.54) is 23.8 Å². The standard InChI is InChI=1S/C27H24F3N3O3/c28-27(29,30)36-21-10-12-22-24(14-21)33-26(32-22)23-11-9-20(15-31-23)19-7-5-18(6-8-19)17-3-1-16(2-4-17)13-25(34)35/h5-12,14-17H,1-4,13H2,(H,32,33)(H,34,35). The Morgan fingerprint density at radius 1 is 1.00 bits per heavy atom. The van der Waals surface area contributed by atoms with Gasteiger partial charge in [0, 0.05) is 24.2 Å². The van der Waals surface area contributed by atoms with Crippen molar-refractivity contribution in [3.05, 3.63) is 66.4 Å². The lowest BCUT2D eigenvalue weighted by Crippen LogP contribution is -2.16. The van der Waals surface area contributed by atoms with Crippen LogP contribution in [0.3, 0.4) is 0 Å². The molecule has 2 N–H and O–H groups in total. The average molecular weight is 496 g/mol. The van der Waals surface area contributed by atoms with E-state index in [9.17, 15) is 18.0 Å². The normalized spacial score (nSPS) is 18.3. The van der Waals surface area contributed by atoms with Crippen LogP contribution in [0.5, 0.6) is 5.75 Å². The van der Waals surface area contributed by atoms with Crippen molar-refractivity contribution >= 4 is 17.0 Å². The molecule has 0 bridgehead atoms. The highest BCUT2D eigenvalue weighted by Crippen LogP contribution is 2.37. The minimum atomic E-state index is -4.76. The number of nitrogens with zero attached hydrogens (tertiary/aromatic N) is 2. The lowest BCUT2D eigenvalue weighted by Gasteiger charge is -2.28. The summed E-state index contributed by atoms with van der Waals surface area (Å²) in [4.78, 5) is 22.9. The van der Waals surface area contributed by atoms with E-state index in [0.29, 0.717) is 28.5 Å². The minimum Gasteiger partial charge on any atom is -0.481 e. The number of imidazole rings is 1. The molecule has 2 aromatic heterocycles. The van der Waals surface area contributed by atoms with Gasteiger partial charge in [-0.1, -0.05) is 30.3 Å². The number of hydrogen-bond donors (Lipinski definition) is 2. The van der Waals surface area contributed by atoms with E-state index >= 15 is 0 Å². The summed E-state index contributed by atoms with van der Waals surface area (Å²) >= 11 is 0. The van der Waals surface area contributed by atoms with E-state index in [1.807, 2.05) is 12.1 Å². The number of fused-ring (bicyclic) bond motifs is 1. The van der Waals surface area contributed by atoms with E-state index in [-0.39, 0.29) is 18.1 Å². The maximum atomic E-state index is 12.5. The molecule has 0 amide bonds. The fourth-order valence-electron chi connectivity index (χ4n) is 4.91. The molecule has 36 heavy (non-hydrogen) atoms. The molecule has 2 heterocycles. The highest BCUT2D eigenvalue weighted by molar-refractivity contribution is 5.80. The summed E-state index contributed by atoms with van der Waals surface area (Å²) in [6, 6.07) is 16.1. The Morgan fingerprint density at radius 2 is 1.72 bits per heavy atom. The van der Waals surface area contributed by atoms with Gasteiger partial charge in [-0.25, -0.2) is 4.98 Å². The third kappa shape index (κ3) is 5.50. The summed E-state index contributed by atoms with van der Waals surface area (Å²) in [5.74, 6) is 0.164. The summed E-state index contributed by atoms with van der Waals surface area (Å²) in [6.45, 7) is 0. The summed E-state index contributed by atoms with van der Waals surface area (Å²) in [6.07, 6.45) is 1.16. The maximum absolute atomic E-state index is 12.5. The predicted molar refractivity (Wildman–Crippen MR) is 128 cm³/mol. The van der Waals surface area contributed by atoms with Crippen LogP contribution in [0.1, 0.15) is 43.6 Å². The Hall–Kier alpha value is -3.88. The summed E-state index contributed by atoms with van der Waals surface area (Å²) in [7, 11) is 0. The number of nitrogens with one attached hydrogen (secondary N) is 1. The first-order chi connectivity index (χ1) is 17.2. The molecular weight excluding hydrogens is 471 g/mol. The van der Waals surface area contributed by atoms with Gasteiger partial charge in [-0.15, -0.1) is 13.2 Å². The monoisotopic (exact) mass is 495 g/mol. The third-order valence-electron chi connectivity index (χ3n) is 6.72. The van der Waals surface area contributed by atoms with Crippen LogP contribution in [-0.2, 0) is 4.79 Å². The molecule has 5 rings (SSSR count). The summed E-state index contributed by atoms with van der Waals surface area (Å²) in [5, 5.41) is 9.00. The lowest BCUT2D eigenvalue weighted by molar-refractivity contribution is -0.274. The molecule has 4 aromatic rings. The first-order valence-corrected chi connectivity index (χ1v) is 11.8. The zero-order valence-corrected chi connectivity index (χ0v) is 19.3. The van der Waals surface area contributed by atoms with Crippen LogP contribution in [0.2, 0.25) is 0 Å². The molecule has 186 valence electrons. The van der Waals surface area contributed by atoms with Crippen LogP contribution in [0.4, 0.5) is 13.2 Å². The molecule has 2 aromatic carbocycles. The van der Waals surface area contributed by atoms with Gasteiger partial charge in [-0.3, -0.25) is 9.78 Å². The van der Waals surface area contributed by atoms with Gasteiger partial charge in [0.2, 0.25) is 0 Å². The molecule has 0 aliphatic heterocycles. The molecule has 6 nitrogen and oxygen atoms in total. The van der Waals surface area contributed by atoms with Crippen LogP contribution < -0.4 is 4.74 Å². The van der Waals surface area contributed by atoms with Gasteiger partial charge in [0.25, 0.3) is 0 Å². The molecular formula is C27H24F3N3O3. The number of ether oxygens (including phenoxy) is 1. The number of pyridine rings is 1. The molecule has 1 aliphatic carbocycles. The van der Waals surface area contributed by atoms with Crippen molar-refractivity contribution in [2.75, 3.05) is 0 Å². The van der Waals surface area contributed by atoms with Crippen molar-refractivity contribution in [2.24, 2.45) is 5.92 Å². The van der Waals surface area contributed by atoms with Gasteiger partial charge in [0.1, 0.15) is 11.4 Å². The molecule has 9 heteroatoms. The van der Waals surface area contributed by atoms with Crippen LogP contribution in [0.25, 0.3) is 33.7 Å². The molecule has 0 atom stereocenters. The molecule has 0 spiro atoms. The lowest BCUT2D eigenvalue weighted by atomic mass is 9.77. The topological polar surface area (TPSA) is 88.1 Å². The van der Waals surface area contributed by atoms with Gasteiger partial charge in [-0.2, -0.15) is 0 Å². The largest absolute Gasteiger partial charge is 0.573 e. The molecule has 0 radical (unpaired) electrons. The number of benzene rings is 2. The highest BCUT2D eigenvalue weighted by atomic mass is 19.4. The van der Waals surface area contributed by atoms with Gasteiger partial charge >= 0.3 is 12.3 Å². The van der Waals surface area contributed by atoms with Crippen molar-refractivity contribution in [2.45, 2.75) is 44.4 Å². The van der Waals surface area contributed by atoms with Crippen LogP contribution >= 0.6 is 0 Å². The van der Waals surface area contributed by atoms with E-state index in [2.05, 4.69) is 44.0 Å². The second kappa shape index (κ2) is 9.64. The third-order valence-corrected chi connectivity index (χ3v) is 6.72. The number of alkyl halides is 3. The SMILES string of the molecule is O=C(O)CC1CCC(c2ccc(-c3ccc(-c4nc5ccc(OC(F)(F)F)cc5[nH]4)nc3)cc2)CC1. The molecule has 1 aliphatic rings. The quantitative estimate of drug-likeness (QED) is 0.303. The van der Waals surface area contributed by atoms with E-state index in [1.54, 1.807) is 6.20 Å². The number of hydrogen-bond acceptors (Lipinski definition) is 4. The van der Waals surface area contributed by atoms with E-state index in [4.69, 9.17) is 5.11 Å². The van der Waals surface area contributed by atoms with E-state index < -0.39 is 12.3 Å². The molecule has 0 saturated heterocycles. The highest BCUT2D eigenvalue weighted by Gasteiger charge is 2.31. The molecule has 0 unspecified atom stereocenters. The number of halogens is 3. The van der Waals surface area contributed by atoms with Crippen molar-refractivity contribution in [1.29, 1.82) is 0 Å². The Labute approximate surface area is 205 Å². The van der Waals surface area contributed by atoms with E-state index in [0.717, 1.165) is 36.8 Å². The average Bonchev–Trinajstić information content (AvgIpc) is 3.27. The van der Waals surface area contributed by atoms with Crippen molar-refractivity contribution < 1.29 is 27.8 Å². The van der Waals surface area contributed by atoms with Gasteiger partial charge in [-0.05, 0) is 66.8 Å². The van der Waals surface area contributed by atoms with Crippen molar-refractivity contribution in [1.82, 2.24) is 15.0 Å². The number of aliphatic carboxylic acids is 1. The van der Waals surface area contributed by atoms with Gasteiger partial charge in [0.15, 0.2) is 5.82 Å². The maximum Gasteiger partial charge on any atom is 0.573 e. The zero-order valence-electron chi connectivity index (χ0n) is 19.3. The first kappa shape index (κ1) is 23.8. The van der Waals surface area contributed by atoms with Crippen LogP contribution in [0.15, 0.2) is 60.8 Å². The van der Waals surface area contributed by atoms with Crippen LogP contribution in [-0.4, -0.2) is 32.4 Å². The first-order valence-electron chi connectivity index (χ1n) is 11.8. The second-order valence-corrected chi connectivity index (χ2v) is 9.18. The van der Waals surface area contributed by atoms with Crippen LogP contribution in [0, 0.1) is 5.92 Å². The number of carbonyl (C=O) groups is 1. The fourth-order valence-corrected chi connectivity index (χ4v) is 4.91. The Kier molecular flexibility index (Phi) is 6.38. The van der Waals surface area contributed by atoms with Crippen molar-refractivity contribution in [3.63, 3.8) is 0 Å². The summed E-state index contributed by atoms with van der Waals surface area (Å²) < 4.78 is 41.4. The molecule has 1 saturated carbocycles. The smallest absolute Gasteiger partial charge is 0.481 e. The Bertz CT molecular complexity index is 1360. The van der Waals surface area contributed by atoms with Gasteiger partial charge < -0.3 is 14.8 Å². The molecule has 1 fully saturated rings. The fraction of sp³-hybridized carbons (Fsp3) is 0.296. The number of H-pyrrole nitrogens is 1. The number of carboxylic acids is 1. The number of aromatic nitrogens is 3. The van der Waals surface area contributed by atoms with Crippen molar-refractivity contribution in [3.8, 4) is 28.4 Å². The number of aromatic amines is 1. The second-order valence-electron chi connectivity index (χ2n) is 9.18. The predicted octanol–water partition coefficient (Wildman–Crippen LogP) is 6.94. The Balaban J connectivity index is 1.26. The minimum absolute atomic E-state index is 0.260. The number of carboxylic acid groups (broad SMARTS) is 1. The number of rotatable bonds is 6.